The zero-order valence-electron chi connectivity index (χ0n) is 8.50. The number of β-lactam (4-membered cyclic amide) rings is 1. The second-order valence-corrected chi connectivity index (χ2v) is 3.69. The fourth-order valence-electron chi connectivity index (χ4n) is 1.67. The Morgan fingerprint density at radius 2 is 2.08 bits per heavy atom. The first-order valence-electron chi connectivity index (χ1n) is 4.50. The van der Waals surface area contributed by atoms with Gasteiger partial charge in [-0.25, -0.2) is 0 Å². The molecule has 3 heteroatoms. The van der Waals surface area contributed by atoms with Crippen molar-refractivity contribution in [3.8, 4) is 0 Å². The summed E-state index contributed by atoms with van der Waals surface area (Å²) in [5, 5.41) is 0. The number of amides is 1. The molecule has 0 aromatic heterocycles. The molecule has 0 spiro atoms. The second kappa shape index (κ2) is 3.32. The van der Waals surface area contributed by atoms with Gasteiger partial charge in [-0.2, -0.15) is 0 Å². The predicted molar refractivity (Wildman–Crippen MR) is 50.2 cm³/mol. The minimum Gasteiger partial charge on any atom is -0.329 e. The summed E-state index contributed by atoms with van der Waals surface area (Å²) >= 11 is 0. The van der Waals surface area contributed by atoms with E-state index >= 15 is 0 Å². The van der Waals surface area contributed by atoms with E-state index in [2.05, 4.69) is 0 Å². The highest BCUT2D eigenvalue weighted by molar-refractivity contribution is 6.07. The molecule has 1 aliphatic heterocycles. The van der Waals surface area contributed by atoms with Crippen LogP contribution in [0.5, 0.6) is 0 Å². The molecule has 0 saturated carbocycles. The zero-order valence-corrected chi connectivity index (χ0v) is 8.50. The summed E-state index contributed by atoms with van der Waals surface area (Å²) in [5.41, 5.74) is 0.640. The van der Waals surface area contributed by atoms with Crippen LogP contribution in [0.15, 0.2) is 11.6 Å². The maximum Gasteiger partial charge on any atom is 0.252 e. The van der Waals surface area contributed by atoms with Crippen LogP contribution in [0.4, 0.5) is 0 Å². The van der Waals surface area contributed by atoms with Gasteiger partial charge < -0.3 is 4.90 Å². The second-order valence-electron chi connectivity index (χ2n) is 3.69. The van der Waals surface area contributed by atoms with Crippen molar-refractivity contribution in [3.63, 3.8) is 0 Å². The molecule has 3 nitrogen and oxygen atoms in total. The Kier molecular flexibility index (Phi) is 2.55. The lowest BCUT2D eigenvalue weighted by molar-refractivity contribution is -0.139. The highest BCUT2D eigenvalue weighted by Crippen LogP contribution is 2.27. The molecule has 1 fully saturated rings. The third-order valence-electron chi connectivity index (χ3n) is 2.26. The number of hydrogen-bond acceptors (Lipinski definition) is 2. The Hall–Kier alpha value is -1.12. The Labute approximate surface area is 78.4 Å². The summed E-state index contributed by atoms with van der Waals surface area (Å²) in [6, 6.07) is 0.308. The number of carbonyl (C=O) groups excluding carboxylic acids is 2. The number of likely N-dealkylation sites (tertiary alicyclic amines) is 1. The maximum absolute atomic E-state index is 11.5. The van der Waals surface area contributed by atoms with Crippen LogP contribution >= 0.6 is 0 Å². The smallest absolute Gasteiger partial charge is 0.252 e. The normalized spacial score (nSPS) is 25.3. The largest absolute Gasteiger partial charge is 0.329 e. The number of rotatable bonds is 2. The van der Waals surface area contributed by atoms with E-state index in [1.165, 1.54) is 13.0 Å². The molecule has 0 aliphatic carbocycles. The van der Waals surface area contributed by atoms with Gasteiger partial charge in [-0.05, 0) is 33.8 Å². The van der Waals surface area contributed by atoms with Gasteiger partial charge >= 0.3 is 0 Å². The summed E-state index contributed by atoms with van der Waals surface area (Å²) in [5.74, 6) is -0.0590. The molecule has 13 heavy (non-hydrogen) atoms. The van der Waals surface area contributed by atoms with Crippen LogP contribution in [-0.4, -0.2) is 28.7 Å². The minimum absolute atomic E-state index is 0.00213. The SMILES string of the molecule is CC(=O)/C=C1/C(=O)N(C(C)C)C1C. The molecule has 1 heterocycles. The lowest BCUT2D eigenvalue weighted by atomic mass is 9.93. The van der Waals surface area contributed by atoms with Gasteiger partial charge in [-0.3, -0.25) is 9.59 Å². The fraction of sp³-hybridized carbons (Fsp3) is 0.600. The molecule has 1 atom stereocenters. The summed E-state index contributed by atoms with van der Waals surface area (Å²) in [4.78, 5) is 24.0. The van der Waals surface area contributed by atoms with Crippen molar-refractivity contribution in [1.29, 1.82) is 0 Å². The summed E-state index contributed by atoms with van der Waals surface area (Å²) < 4.78 is 0. The van der Waals surface area contributed by atoms with E-state index in [1.807, 2.05) is 20.8 Å². The molecule has 1 amide bonds. The third kappa shape index (κ3) is 1.64. The molecule has 0 aromatic rings. The van der Waals surface area contributed by atoms with Crippen LogP contribution in [0.3, 0.4) is 0 Å². The summed E-state index contributed by atoms with van der Waals surface area (Å²) in [6.07, 6.45) is 1.44. The van der Waals surface area contributed by atoms with E-state index in [9.17, 15) is 9.59 Å². The Morgan fingerprint density at radius 3 is 2.38 bits per heavy atom. The standard InChI is InChI=1S/C10H15NO2/c1-6(2)11-8(4)9(10(11)13)5-7(3)12/h5-6,8H,1-4H3/b9-5+. The van der Waals surface area contributed by atoms with Crippen LogP contribution in [0, 0.1) is 0 Å². The van der Waals surface area contributed by atoms with Crippen LogP contribution in [0.2, 0.25) is 0 Å². The highest BCUT2D eigenvalue weighted by Gasteiger charge is 2.40. The topological polar surface area (TPSA) is 37.4 Å². The Bertz CT molecular complexity index is 279. The molecule has 1 aliphatic rings. The van der Waals surface area contributed by atoms with Crippen molar-refractivity contribution >= 4 is 11.7 Å². The number of ketones is 1. The van der Waals surface area contributed by atoms with Gasteiger partial charge in [-0.1, -0.05) is 0 Å². The molecule has 1 saturated heterocycles. The van der Waals surface area contributed by atoms with E-state index in [0.29, 0.717) is 5.57 Å². The van der Waals surface area contributed by atoms with E-state index < -0.39 is 0 Å². The molecular weight excluding hydrogens is 166 g/mol. The summed E-state index contributed by atoms with van der Waals surface area (Å²) in [6.45, 7) is 7.35. The monoisotopic (exact) mass is 181 g/mol. The van der Waals surface area contributed by atoms with E-state index in [-0.39, 0.29) is 23.8 Å². The van der Waals surface area contributed by atoms with Crippen molar-refractivity contribution in [3.05, 3.63) is 11.6 Å². The first-order chi connectivity index (χ1) is 5.95. The lowest BCUT2D eigenvalue weighted by Crippen LogP contribution is -2.56. The first-order valence-corrected chi connectivity index (χ1v) is 4.50. The maximum atomic E-state index is 11.5. The van der Waals surface area contributed by atoms with Gasteiger partial charge in [0.05, 0.1) is 6.04 Å². The van der Waals surface area contributed by atoms with Crippen LogP contribution in [-0.2, 0) is 9.59 Å². The number of carbonyl (C=O) groups is 2. The highest BCUT2D eigenvalue weighted by atomic mass is 16.2. The zero-order chi connectivity index (χ0) is 10.2. The van der Waals surface area contributed by atoms with Crippen LogP contribution in [0.1, 0.15) is 27.7 Å². The van der Waals surface area contributed by atoms with E-state index in [4.69, 9.17) is 0 Å². The number of allylic oxidation sites excluding steroid dienone is 1. The Balaban J connectivity index is 2.78. The van der Waals surface area contributed by atoms with E-state index in [1.54, 1.807) is 4.90 Å². The molecule has 0 radical (unpaired) electrons. The minimum atomic E-state index is -0.0568. The van der Waals surface area contributed by atoms with Crippen molar-refractivity contribution in [2.75, 3.05) is 0 Å². The van der Waals surface area contributed by atoms with Crippen molar-refractivity contribution < 1.29 is 9.59 Å². The average Bonchev–Trinajstić information content (AvgIpc) is 2.00. The van der Waals surface area contributed by atoms with Gasteiger partial charge in [0.15, 0.2) is 5.78 Å². The fourth-order valence-corrected chi connectivity index (χ4v) is 1.67. The van der Waals surface area contributed by atoms with Gasteiger partial charge in [0.1, 0.15) is 0 Å². The van der Waals surface area contributed by atoms with Crippen LogP contribution in [0.25, 0.3) is 0 Å². The molecular formula is C10H15NO2. The lowest BCUT2D eigenvalue weighted by Gasteiger charge is -2.43. The van der Waals surface area contributed by atoms with Gasteiger partial charge in [0.2, 0.25) is 0 Å². The molecule has 0 bridgehead atoms. The molecule has 0 aromatic carbocycles. The third-order valence-corrected chi connectivity index (χ3v) is 2.26. The van der Waals surface area contributed by atoms with E-state index in [0.717, 1.165) is 0 Å². The predicted octanol–water partition coefficient (Wildman–Crippen LogP) is 1.14. The molecule has 1 unspecified atom stereocenters. The van der Waals surface area contributed by atoms with Crippen LogP contribution < -0.4 is 0 Å². The van der Waals surface area contributed by atoms with Gasteiger partial charge in [-0.15, -0.1) is 0 Å². The molecule has 1 rings (SSSR count). The quantitative estimate of drug-likeness (QED) is 0.473. The molecule has 0 N–H and O–H groups in total. The first kappa shape index (κ1) is 9.96. The number of nitrogens with zero attached hydrogens (tertiary/aromatic N) is 1. The van der Waals surface area contributed by atoms with Gasteiger partial charge in [0, 0.05) is 11.6 Å². The summed E-state index contributed by atoms with van der Waals surface area (Å²) in [7, 11) is 0. The van der Waals surface area contributed by atoms with Crippen molar-refractivity contribution in [2.45, 2.75) is 39.8 Å². The Morgan fingerprint density at radius 1 is 1.54 bits per heavy atom. The average molecular weight is 181 g/mol. The van der Waals surface area contributed by atoms with Gasteiger partial charge in [0.25, 0.3) is 5.91 Å². The van der Waals surface area contributed by atoms with Crippen molar-refractivity contribution in [1.82, 2.24) is 4.90 Å². The molecule has 72 valence electrons. The van der Waals surface area contributed by atoms with Crippen molar-refractivity contribution in [2.24, 2.45) is 0 Å². The number of hydrogen-bond donors (Lipinski definition) is 0.